The lowest BCUT2D eigenvalue weighted by Gasteiger charge is -2.01. The molecule has 4 heteroatoms. The van der Waals surface area contributed by atoms with Crippen LogP contribution >= 0.6 is 11.3 Å². The van der Waals surface area contributed by atoms with E-state index in [2.05, 4.69) is 24.0 Å². The van der Waals surface area contributed by atoms with E-state index in [1.165, 1.54) is 16.9 Å². The van der Waals surface area contributed by atoms with Gasteiger partial charge in [-0.2, -0.15) is 0 Å². The largest absolute Gasteiger partial charge is 0.322 e. The number of nitrogens with zero attached hydrogens (tertiary/aromatic N) is 1. The van der Waals surface area contributed by atoms with Crippen molar-refractivity contribution in [3.63, 3.8) is 0 Å². The average Bonchev–Trinajstić information content (AvgIpc) is 2.89. The third-order valence-corrected chi connectivity index (χ3v) is 4.04. The summed E-state index contributed by atoms with van der Waals surface area (Å²) in [6.07, 6.45) is 1.41. The Bertz CT molecular complexity index is 558. The first kappa shape index (κ1) is 13.9. The molecule has 2 rings (SSSR count). The molecule has 0 spiro atoms. The highest BCUT2D eigenvalue weighted by atomic mass is 32.1. The predicted molar refractivity (Wildman–Crippen MR) is 78.6 cm³/mol. The van der Waals surface area contributed by atoms with E-state index in [1.54, 1.807) is 5.38 Å². The third-order valence-electron chi connectivity index (χ3n) is 2.99. The molecule has 1 atom stereocenters. The van der Waals surface area contributed by atoms with Crippen molar-refractivity contribution in [2.24, 2.45) is 5.73 Å². The van der Waals surface area contributed by atoms with E-state index in [0.717, 1.165) is 17.0 Å². The Labute approximate surface area is 117 Å². The van der Waals surface area contributed by atoms with Crippen LogP contribution in [0.25, 0.3) is 0 Å². The monoisotopic (exact) mass is 274 g/mol. The maximum Gasteiger partial charge on any atom is 0.186 e. The summed E-state index contributed by atoms with van der Waals surface area (Å²) < 4.78 is 0. The molecular weight excluding hydrogens is 256 g/mol. The Morgan fingerprint density at radius 3 is 2.47 bits per heavy atom. The third kappa shape index (κ3) is 3.49. The number of ketones is 1. The summed E-state index contributed by atoms with van der Waals surface area (Å²) in [6, 6.07) is 8.04. The van der Waals surface area contributed by atoms with Crippen LogP contribution in [-0.2, 0) is 12.8 Å². The number of thiazole rings is 1. The Kier molecular flexibility index (Phi) is 4.45. The van der Waals surface area contributed by atoms with E-state index >= 15 is 0 Å². The van der Waals surface area contributed by atoms with Gasteiger partial charge in [-0.1, -0.05) is 31.2 Å². The molecule has 0 aliphatic heterocycles. The maximum absolute atomic E-state index is 12.1. The number of aryl methyl sites for hydroxylation is 1. The van der Waals surface area contributed by atoms with Crippen molar-refractivity contribution in [2.75, 3.05) is 0 Å². The summed E-state index contributed by atoms with van der Waals surface area (Å²) in [5.41, 5.74) is 8.58. The molecule has 0 radical (unpaired) electrons. The van der Waals surface area contributed by atoms with Gasteiger partial charge < -0.3 is 5.73 Å². The first-order valence-corrected chi connectivity index (χ1v) is 7.30. The van der Waals surface area contributed by atoms with E-state index in [4.69, 9.17) is 5.73 Å². The lowest BCUT2D eigenvalue weighted by molar-refractivity contribution is 0.0988. The normalized spacial score (nSPS) is 12.4. The van der Waals surface area contributed by atoms with Crippen molar-refractivity contribution >= 4 is 17.1 Å². The molecule has 1 aromatic heterocycles. The lowest BCUT2D eigenvalue weighted by atomic mass is 10.0. The summed E-state index contributed by atoms with van der Waals surface area (Å²) in [6.45, 7) is 3.99. The number of Topliss-reactive ketones (excluding diaryl/α,β-unsaturated/α-hetero) is 1. The average molecular weight is 274 g/mol. The minimum absolute atomic E-state index is 0.0485. The summed E-state index contributed by atoms with van der Waals surface area (Å²) in [5, 5.41) is 2.60. The lowest BCUT2D eigenvalue weighted by Crippen LogP contribution is -2.07. The van der Waals surface area contributed by atoms with Crippen molar-refractivity contribution in [3.05, 3.63) is 51.5 Å². The molecule has 2 N–H and O–H groups in total. The molecule has 0 aliphatic carbocycles. The topological polar surface area (TPSA) is 56.0 Å². The molecule has 1 aromatic carbocycles. The van der Waals surface area contributed by atoms with Crippen molar-refractivity contribution in [2.45, 2.75) is 32.7 Å². The van der Waals surface area contributed by atoms with Gasteiger partial charge in [0.25, 0.3) is 0 Å². The van der Waals surface area contributed by atoms with Gasteiger partial charge in [-0.3, -0.25) is 4.79 Å². The minimum Gasteiger partial charge on any atom is -0.322 e. The zero-order valence-corrected chi connectivity index (χ0v) is 12.0. The number of hydrogen-bond acceptors (Lipinski definition) is 4. The van der Waals surface area contributed by atoms with Gasteiger partial charge in [-0.15, -0.1) is 11.3 Å². The fourth-order valence-electron chi connectivity index (χ4n) is 1.79. The fourth-order valence-corrected chi connectivity index (χ4v) is 2.58. The summed E-state index contributed by atoms with van der Waals surface area (Å²) in [4.78, 5) is 16.4. The zero-order valence-electron chi connectivity index (χ0n) is 11.2. The van der Waals surface area contributed by atoms with E-state index in [-0.39, 0.29) is 11.8 Å². The molecule has 0 aliphatic rings. The van der Waals surface area contributed by atoms with E-state index < -0.39 is 0 Å². The fraction of sp³-hybridized carbons (Fsp3) is 0.333. The van der Waals surface area contributed by atoms with Crippen molar-refractivity contribution < 1.29 is 4.79 Å². The van der Waals surface area contributed by atoms with Gasteiger partial charge in [0.2, 0.25) is 0 Å². The van der Waals surface area contributed by atoms with Crippen molar-refractivity contribution in [1.82, 2.24) is 4.98 Å². The zero-order chi connectivity index (χ0) is 13.8. The number of aromatic nitrogens is 1. The minimum atomic E-state index is -0.115. The van der Waals surface area contributed by atoms with Gasteiger partial charge in [0, 0.05) is 11.8 Å². The van der Waals surface area contributed by atoms with Crippen LogP contribution in [-0.4, -0.2) is 10.8 Å². The standard InChI is InChI=1S/C15H18N2OS/c1-3-11-4-6-12(7-5-11)8-14(18)13-9-19-15(17-13)10(2)16/h4-7,9-10H,3,8,16H2,1-2H3. The van der Waals surface area contributed by atoms with Crippen LogP contribution in [0.3, 0.4) is 0 Å². The molecule has 100 valence electrons. The van der Waals surface area contributed by atoms with Crippen molar-refractivity contribution in [1.29, 1.82) is 0 Å². The van der Waals surface area contributed by atoms with E-state index in [1.807, 2.05) is 19.1 Å². The van der Waals surface area contributed by atoms with E-state index in [0.29, 0.717) is 12.1 Å². The van der Waals surface area contributed by atoms with E-state index in [9.17, 15) is 4.79 Å². The van der Waals surface area contributed by atoms with Crippen LogP contribution < -0.4 is 5.73 Å². The first-order chi connectivity index (χ1) is 9.10. The Hall–Kier alpha value is -1.52. The van der Waals surface area contributed by atoms with Crippen LogP contribution in [0.5, 0.6) is 0 Å². The second-order valence-electron chi connectivity index (χ2n) is 4.63. The smallest absolute Gasteiger partial charge is 0.186 e. The quantitative estimate of drug-likeness (QED) is 0.852. The van der Waals surface area contributed by atoms with Crippen LogP contribution in [0.2, 0.25) is 0 Å². The number of rotatable bonds is 5. The highest BCUT2D eigenvalue weighted by Crippen LogP contribution is 2.17. The molecule has 19 heavy (non-hydrogen) atoms. The molecular formula is C15H18N2OS. The van der Waals surface area contributed by atoms with Crippen LogP contribution in [0.4, 0.5) is 0 Å². The maximum atomic E-state index is 12.1. The molecule has 1 heterocycles. The van der Waals surface area contributed by atoms with Gasteiger partial charge in [0.05, 0.1) is 6.04 Å². The van der Waals surface area contributed by atoms with Crippen LogP contribution in [0.1, 0.15) is 46.5 Å². The Morgan fingerprint density at radius 2 is 1.95 bits per heavy atom. The van der Waals surface area contributed by atoms with Crippen molar-refractivity contribution in [3.8, 4) is 0 Å². The number of hydrogen-bond donors (Lipinski definition) is 1. The van der Waals surface area contributed by atoms with Gasteiger partial charge in [0.1, 0.15) is 10.7 Å². The number of carbonyl (C=O) groups excluding carboxylic acids is 1. The molecule has 0 bridgehead atoms. The summed E-state index contributed by atoms with van der Waals surface area (Å²) in [7, 11) is 0. The summed E-state index contributed by atoms with van der Waals surface area (Å²) in [5.74, 6) is 0.0485. The number of nitrogens with two attached hydrogens (primary N) is 1. The van der Waals surface area contributed by atoms with Gasteiger partial charge >= 0.3 is 0 Å². The van der Waals surface area contributed by atoms with Gasteiger partial charge in [-0.25, -0.2) is 4.98 Å². The SMILES string of the molecule is CCc1ccc(CC(=O)c2csc(C(C)N)n2)cc1. The summed E-state index contributed by atoms with van der Waals surface area (Å²) >= 11 is 1.45. The predicted octanol–water partition coefficient (Wildman–Crippen LogP) is 3.15. The number of carbonyl (C=O) groups is 1. The van der Waals surface area contributed by atoms with Crippen LogP contribution in [0, 0.1) is 0 Å². The highest BCUT2D eigenvalue weighted by Gasteiger charge is 2.13. The van der Waals surface area contributed by atoms with Gasteiger partial charge in [0.15, 0.2) is 5.78 Å². The Balaban J connectivity index is 2.06. The second-order valence-corrected chi connectivity index (χ2v) is 5.52. The van der Waals surface area contributed by atoms with Crippen LogP contribution in [0.15, 0.2) is 29.6 Å². The molecule has 2 aromatic rings. The second kappa shape index (κ2) is 6.08. The number of benzene rings is 1. The molecule has 0 fully saturated rings. The Morgan fingerprint density at radius 1 is 1.32 bits per heavy atom. The molecule has 0 amide bonds. The first-order valence-electron chi connectivity index (χ1n) is 6.42. The molecule has 3 nitrogen and oxygen atoms in total. The molecule has 0 saturated heterocycles. The highest BCUT2D eigenvalue weighted by molar-refractivity contribution is 7.09. The molecule has 0 saturated carbocycles. The molecule has 1 unspecified atom stereocenters. The van der Waals surface area contributed by atoms with Gasteiger partial charge in [-0.05, 0) is 24.5 Å².